The summed E-state index contributed by atoms with van der Waals surface area (Å²) in [4.78, 5) is 0. The molecule has 1 N–H and O–H groups in total. The third-order valence-electron chi connectivity index (χ3n) is 2.35. The number of benzene rings is 1. The Balaban J connectivity index is 2.11. The zero-order valence-electron chi connectivity index (χ0n) is 9.06. The first-order valence-corrected chi connectivity index (χ1v) is 6.58. The molecule has 1 heterocycles. The molecule has 0 aliphatic carbocycles. The number of furan rings is 1. The Morgan fingerprint density at radius 1 is 1.29 bits per heavy atom. The minimum Gasteiger partial charge on any atom is -0.452 e. The minimum absolute atomic E-state index is 0.256. The Bertz CT molecular complexity index is 539. The Hall–Kier alpha value is -0.810. The lowest BCUT2D eigenvalue weighted by atomic mass is 10.2. The molecule has 1 aromatic carbocycles. The van der Waals surface area contributed by atoms with Crippen LogP contribution in [-0.4, -0.2) is 0 Å². The molecule has 2 rings (SSSR count). The van der Waals surface area contributed by atoms with Crippen LogP contribution in [0.25, 0.3) is 0 Å². The summed E-state index contributed by atoms with van der Waals surface area (Å²) in [6, 6.07) is 6.93. The van der Waals surface area contributed by atoms with Crippen molar-refractivity contribution in [2.45, 2.75) is 13.5 Å². The first-order chi connectivity index (χ1) is 8.06. The van der Waals surface area contributed by atoms with Gasteiger partial charge in [-0.1, -0.05) is 0 Å². The maximum absolute atomic E-state index is 13.2. The van der Waals surface area contributed by atoms with Gasteiger partial charge in [-0.2, -0.15) is 0 Å². The SMILES string of the molecule is Cc1cc(F)c(Br)cc1NCc1ccc(Br)o1. The van der Waals surface area contributed by atoms with Crippen LogP contribution in [0.2, 0.25) is 0 Å². The fraction of sp³-hybridized carbons (Fsp3) is 0.167. The number of rotatable bonds is 3. The van der Waals surface area contributed by atoms with Crippen molar-refractivity contribution in [1.82, 2.24) is 0 Å². The molecule has 0 fully saturated rings. The van der Waals surface area contributed by atoms with Gasteiger partial charge in [0.15, 0.2) is 4.67 Å². The van der Waals surface area contributed by atoms with E-state index in [0.29, 0.717) is 15.7 Å². The first-order valence-electron chi connectivity index (χ1n) is 5.00. The topological polar surface area (TPSA) is 25.2 Å². The van der Waals surface area contributed by atoms with E-state index in [1.807, 2.05) is 19.1 Å². The van der Waals surface area contributed by atoms with Gasteiger partial charge in [-0.3, -0.25) is 0 Å². The second-order valence-corrected chi connectivity index (χ2v) is 5.28. The zero-order valence-corrected chi connectivity index (χ0v) is 12.2. The van der Waals surface area contributed by atoms with Crippen molar-refractivity contribution in [2.75, 3.05) is 5.32 Å². The number of halogens is 3. The van der Waals surface area contributed by atoms with Crippen LogP contribution < -0.4 is 5.32 Å². The maximum atomic E-state index is 13.2. The van der Waals surface area contributed by atoms with Crippen molar-refractivity contribution < 1.29 is 8.81 Å². The van der Waals surface area contributed by atoms with Gasteiger partial charge in [0, 0.05) is 5.69 Å². The van der Waals surface area contributed by atoms with E-state index in [1.54, 1.807) is 6.07 Å². The summed E-state index contributed by atoms with van der Waals surface area (Å²) in [7, 11) is 0. The molecule has 0 spiro atoms. The largest absolute Gasteiger partial charge is 0.452 e. The number of hydrogen-bond acceptors (Lipinski definition) is 2. The summed E-state index contributed by atoms with van der Waals surface area (Å²) in [6.45, 7) is 2.42. The third kappa shape index (κ3) is 3.10. The Labute approximate surface area is 115 Å². The zero-order chi connectivity index (χ0) is 12.4. The quantitative estimate of drug-likeness (QED) is 0.843. The van der Waals surface area contributed by atoms with Crippen molar-refractivity contribution in [3.63, 3.8) is 0 Å². The number of hydrogen-bond donors (Lipinski definition) is 1. The van der Waals surface area contributed by atoms with Crippen molar-refractivity contribution >= 4 is 37.5 Å². The summed E-state index contributed by atoms with van der Waals surface area (Å²) in [6.07, 6.45) is 0. The van der Waals surface area contributed by atoms with Crippen molar-refractivity contribution in [2.24, 2.45) is 0 Å². The minimum atomic E-state index is -0.256. The highest BCUT2D eigenvalue weighted by Crippen LogP contribution is 2.25. The molecule has 90 valence electrons. The van der Waals surface area contributed by atoms with Crippen LogP contribution in [0.5, 0.6) is 0 Å². The molecular formula is C12H10Br2FNO. The van der Waals surface area contributed by atoms with E-state index in [-0.39, 0.29) is 5.82 Å². The predicted molar refractivity (Wildman–Crippen MR) is 72.6 cm³/mol. The van der Waals surface area contributed by atoms with Crippen LogP contribution in [0, 0.1) is 12.7 Å². The number of aryl methyl sites for hydroxylation is 1. The summed E-state index contributed by atoms with van der Waals surface area (Å²) in [5.74, 6) is 0.561. The molecule has 0 aliphatic rings. The third-order valence-corrected chi connectivity index (χ3v) is 3.38. The van der Waals surface area contributed by atoms with Crippen LogP contribution >= 0.6 is 31.9 Å². The van der Waals surface area contributed by atoms with Crippen molar-refractivity contribution in [3.8, 4) is 0 Å². The van der Waals surface area contributed by atoms with Gasteiger partial charge in [0.1, 0.15) is 11.6 Å². The summed E-state index contributed by atoms with van der Waals surface area (Å²) < 4.78 is 19.7. The average molecular weight is 363 g/mol. The average Bonchev–Trinajstić information content (AvgIpc) is 2.68. The fourth-order valence-electron chi connectivity index (χ4n) is 1.47. The van der Waals surface area contributed by atoms with Gasteiger partial charge in [-0.05, 0) is 68.6 Å². The van der Waals surface area contributed by atoms with Gasteiger partial charge < -0.3 is 9.73 Å². The molecular weight excluding hydrogens is 353 g/mol. The van der Waals surface area contributed by atoms with Crippen molar-refractivity contribution in [3.05, 3.63) is 50.5 Å². The molecule has 0 unspecified atom stereocenters. The van der Waals surface area contributed by atoms with Crippen LogP contribution in [0.3, 0.4) is 0 Å². The predicted octanol–water partition coefficient (Wildman–Crippen LogP) is 4.86. The molecule has 0 amide bonds. The van der Waals surface area contributed by atoms with Crippen LogP contribution in [0.15, 0.2) is 37.8 Å². The molecule has 0 atom stereocenters. The highest BCUT2D eigenvalue weighted by molar-refractivity contribution is 9.10. The van der Waals surface area contributed by atoms with Gasteiger partial charge in [-0.15, -0.1) is 0 Å². The monoisotopic (exact) mass is 361 g/mol. The van der Waals surface area contributed by atoms with Gasteiger partial charge in [-0.25, -0.2) is 4.39 Å². The van der Waals surface area contributed by atoms with E-state index in [2.05, 4.69) is 37.2 Å². The highest BCUT2D eigenvalue weighted by atomic mass is 79.9. The molecule has 2 nitrogen and oxygen atoms in total. The lowest BCUT2D eigenvalue weighted by molar-refractivity contribution is 0.495. The lowest BCUT2D eigenvalue weighted by Gasteiger charge is -2.09. The molecule has 0 bridgehead atoms. The lowest BCUT2D eigenvalue weighted by Crippen LogP contribution is -2.00. The molecule has 0 radical (unpaired) electrons. The molecule has 0 saturated heterocycles. The van der Waals surface area contributed by atoms with E-state index in [4.69, 9.17) is 4.42 Å². The normalized spacial score (nSPS) is 10.6. The van der Waals surface area contributed by atoms with Crippen LogP contribution in [-0.2, 0) is 6.54 Å². The summed E-state index contributed by atoms with van der Waals surface area (Å²) >= 11 is 6.41. The molecule has 2 aromatic rings. The van der Waals surface area contributed by atoms with Gasteiger partial charge in [0.2, 0.25) is 0 Å². The summed E-state index contributed by atoms with van der Waals surface area (Å²) in [5, 5.41) is 3.20. The van der Waals surface area contributed by atoms with Gasteiger partial charge >= 0.3 is 0 Å². The Morgan fingerprint density at radius 3 is 2.71 bits per heavy atom. The second-order valence-electron chi connectivity index (χ2n) is 3.64. The standard InChI is InChI=1S/C12H10Br2FNO/c1-7-4-10(15)9(13)5-11(7)16-6-8-2-3-12(14)17-8/h2-5,16H,6H2,1H3. The molecule has 17 heavy (non-hydrogen) atoms. The van der Waals surface area contributed by atoms with E-state index in [0.717, 1.165) is 17.0 Å². The second kappa shape index (κ2) is 5.23. The van der Waals surface area contributed by atoms with E-state index < -0.39 is 0 Å². The van der Waals surface area contributed by atoms with Crippen molar-refractivity contribution in [1.29, 1.82) is 0 Å². The highest BCUT2D eigenvalue weighted by Gasteiger charge is 2.06. The fourth-order valence-corrected chi connectivity index (χ4v) is 2.15. The van der Waals surface area contributed by atoms with Crippen LogP contribution in [0.1, 0.15) is 11.3 Å². The molecule has 1 aromatic heterocycles. The van der Waals surface area contributed by atoms with Gasteiger partial charge in [0.25, 0.3) is 0 Å². The molecule has 0 aliphatic heterocycles. The molecule has 0 saturated carbocycles. The van der Waals surface area contributed by atoms with E-state index in [9.17, 15) is 4.39 Å². The molecule has 5 heteroatoms. The Kier molecular flexibility index (Phi) is 3.89. The smallest absolute Gasteiger partial charge is 0.169 e. The summed E-state index contributed by atoms with van der Waals surface area (Å²) in [5.41, 5.74) is 1.74. The first kappa shape index (κ1) is 12.6. The van der Waals surface area contributed by atoms with E-state index >= 15 is 0 Å². The van der Waals surface area contributed by atoms with Crippen LogP contribution in [0.4, 0.5) is 10.1 Å². The van der Waals surface area contributed by atoms with Gasteiger partial charge in [0.05, 0.1) is 11.0 Å². The van der Waals surface area contributed by atoms with E-state index in [1.165, 1.54) is 6.07 Å². The number of nitrogens with one attached hydrogen (secondary N) is 1. The maximum Gasteiger partial charge on any atom is 0.169 e. The number of anilines is 1. The Morgan fingerprint density at radius 2 is 2.06 bits per heavy atom.